The van der Waals surface area contributed by atoms with Crippen LogP contribution in [0.5, 0.6) is 0 Å². The first kappa shape index (κ1) is 16.0. The molecule has 0 aromatic heterocycles. The van der Waals surface area contributed by atoms with Crippen LogP contribution in [0.25, 0.3) is 0 Å². The fourth-order valence-corrected chi connectivity index (χ4v) is 0. The summed E-state index contributed by atoms with van der Waals surface area (Å²) in [5, 5.41) is -2.72. The van der Waals surface area contributed by atoms with Crippen molar-refractivity contribution in [2.75, 3.05) is 0 Å². The van der Waals surface area contributed by atoms with Gasteiger partial charge in [-0.05, 0) is 0 Å². The molecule has 0 nitrogen and oxygen atoms in total. The normalized spacial score (nSPS) is 8.57. The Labute approximate surface area is 74.1 Å². The van der Waals surface area contributed by atoms with Crippen LogP contribution in [-0.2, 0) is 0 Å². The molecule has 0 unspecified atom stereocenters. The maximum absolute atomic E-state index is 4.97. The van der Waals surface area contributed by atoms with Crippen molar-refractivity contribution in [1.82, 2.24) is 0 Å². The molecule has 0 aromatic rings. The van der Waals surface area contributed by atoms with E-state index in [2.05, 4.69) is 0 Å². The molecule has 7 heavy (non-hydrogen) atoms. The minimum Gasteiger partial charge on any atom is -0.147 e. The van der Waals surface area contributed by atoms with Crippen molar-refractivity contribution in [1.29, 1.82) is 0 Å². The van der Waals surface area contributed by atoms with Crippen LogP contribution in [0.15, 0.2) is 0 Å². The van der Waals surface area contributed by atoms with Crippen molar-refractivity contribution < 1.29 is 0 Å². The van der Waals surface area contributed by atoms with Gasteiger partial charge in [0, 0.05) is 0 Å². The summed E-state index contributed by atoms with van der Waals surface area (Å²) < 4.78 is 0. The predicted molar refractivity (Wildman–Crippen MR) is 43.7 cm³/mol. The standard InChI is InChI=1S/Cl4Si.2ClH/c1-5(2,3)4;;/h;2*1H. The van der Waals surface area contributed by atoms with Gasteiger partial charge in [0.05, 0.1) is 0 Å². The largest absolute Gasteiger partial charge is 0.440 e. The molecule has 0 aliphatic carbocycles. The van der Waals surface area contributed by atoms with Gasteiger partial charge in [-0.1, -0.05) is 0 Å². The minimum absolute atomic E-state index is 0. The molecule has 7 heteroatoms. The van der Waals surface area contributed by atoms with Crippen molar-refractivity contribution >= 4 is 74.4 Å². The summed E-state index contributed by atoms with van der Waals surface area (Å²) in [6, 6.07) is 0. The van der Waals surface area contributed by atoms with Gasteiger partial charge in [0.15, 0.2) is 0 Å². The molecule has 0 fully saturated rings. The van der Waals surface area contributed by atoms with Crippen molar-refractivity contribution in [2.24, 2.45) is 0 Å². The fraction of sp³-hybridized carbons (Fsp3) is 0. The first-order valence-corrected chi connectivity index (χ1v) is 6.80. The average Bonchev–Trinajstić information content (AvgIpc) is 0.722. The molecule has 0 rings (SSSR count). The number of hydrogen-bond acceptors (Lipinski definition) is 0. The lowest BCUT2D eigenvalue weighted by Gasteiger charge is -1.85. The van der Waals surface area contributed by atoms with E-state index in [1.807, 2.05) is 0 Å². The summed E-state index contributed by atoms with van der Waals surface area (Å²) in [5.74, 6) is 0. The molecule has 0 heterocycles. The van der Waals surface area contributed by atoms with E-state index < -0.39 is 5.31 Å². The third kappa shape index (κ3) is 73.7. The van der Waals surface area contributed by atoms with E-state index in [9.17, 15) is 0 Å². The zero-order chi connectivity index (χ0) is 4.50. The van der Waals surface area contributed by atoms with Crippen LogP contribution >= 0.6 is 69.1 Å². The van der Waals surface area contributed by atoms with Crippen LogP contribution in [0.4, 0.5) is 0 Å². The molecule has 0 bridgehead atoms. The summed E-state index contributed by atoms with van der Waals surface area (Å²) in [5.41, 5.74) is 0. The van der Waals surface area contributed by atoms with Crippen molar-refractivity contribution in [3.63, 3.8) is 0 Å². The second kappa shape index (κ2) is 6.08. The quantitative estimate of drug-likeness (QED) is 0.452. The lowest BCUT2D eigenvalue weighted by atomic mass is 27.6. The molecule has 0 amide bonds. The zero-order valence-electron chi connectivity index (χ0n) is 2.83. The molecule has 0 radical (unpaired) electrons. The Morgan fingerprint density at radius 2 is 0.714 bits per heavy atom. The van der Waals surface area contributed by atoms with E-state index in [4.69, 9.17) is 44.3 Å². The second-order valence-corrected chi connectivity index (χ2v) is 11.6. The van der Waals surface area contributed by atoms with E-state index in [0.717, 1.165) is 0 Å². The number of hydrogen-bond donors (Lipinski definition) is 0. The molecule has 48 valence electrons. The molecule has 0 saturated heterocycles. The lowest BCUT2D eigenvalue weighted by Crippen LogP contribution is -1.91. The Bertz CT molecular complexity index is 19.7. The average molecular weight is 243 g/mol. The van der Waals surface area contributed by atoms with Gasteiger partial charge in [-0.25, -0.2) is 0 Å². The zero-order valence-corrected chi connectivity index (χ0v) is 8.49. The highest BCUT2D eigenvalue weighted by atomic mass is 36.0. The van der Waals surface area contributed by atoms with Crippen LogP contribution in [-0.4, -0.2) is 5.31 Å². The highest BCUT2D eigenvalue weighted by Gasteiger charge is 2.19. The van der Waals surface area contributed by atoms with Crippen molar-refractivity contribution in [2.45, 2.75) is 0 Å². The Morgan fingerprint density at radius 3 is 0.714 bits per heavy atom. The molecule has 0 saturated carbocycles. The highest BCUT2D eigenvalue weighted by Crippen LogP contribution is 2.23. The summed E-state index contributed by atoms with van der Waals surface area (Å²) in [7, 11) is 0. The van der Waals surface area contributed by atoms with Gasteiger partial charge in [-0.15, -0.1) is 69.1 Å². The third-order valence-electron chi connectivity index (χ3n) is 0. The van der Waals surface area contributed by atoms with E-state index in [1.54, 1.807) is 0 Å². The SMILES string of the molecule is Cl.Cl.Cl[Si](Cl)(Cl)Cl. The molecule has 0 spiro atoms. The van der Waals surface area contributed by atoms with Gasteiger partial charge in [0.25, 0.3) is 0 Å². The number of halogens is 6. The van der Waals surface area contributed by atoms with Crippen LogP contribution in [0.1, 0.15) is 0 Å². The summed E-state index contributed by atoms with van der Waals surface area (Å²) >= 11 is 19.9. The Kier molecular flexibility index (Phi) is 13.9. The number of rotatable bonds is 0. The van der Waals surface area contributed by atoms with Crippen LogP contribution in [0.3, 0.4) is 0 Å². The Morgan fingerprint density at radius 1 is 0.714 bits per heavy atom. The molecular formula is H2Cl6Si. The van der Waals surface area contributed by atoms with Gasteiger partial charge < -0.3 is 0 Å². The van der Waals surface area contributed by atoms with Gasteiger partial charge in [-0.2, -0.15) is 0 Å². The maximum atomic E-state index is 4.97. The summed E-state index contributed by atoms with van der Waals surface area (Å²) in [6.07, 6.45) is 0. The monoisotopic (exact) mass is 240 g/mol. The van der Waals surface area contributed by atoms with Crippen LogP contribution < -0.4 is 0 Å². The molecule has 0 aliphatic heterocycles. The smallest absolute Gasteiger partial charge is 0.147 e. The first-order valence-electron chi connectivity index (χ1n) is 0.756. The fourth-order valence-electron chi connectivity index (χ4n) is 0. The summed E-state index contributed by atoms with van der Waals surface area (Å²) in [6.45, 7) is 0. The van der Waals surface area contributed by atoms with Crippen LogP contribution in [0, 0.1) is 0 Å². The second-order valence-electron chi connectivity index (χ2n) is 0.429. The van der Waals surface area contributed by atoms with Crippen LogP contribution in [0.2, 0.25) is 0 Å². The van der Waals surface area contributed by atoms with Crippen molar-refractivity contribution in [3.05, 3.63) is 0 Å². The van der Waals surface area contributed by atoms with Gasteiger partial charge >= 0.3 is 5.31 Å². The molecule has 0 N–H and O–H groups in total. The molecule has 0 aromatic carbocycles. The Hall–Kier alpha value is 1.96. The van der Waals surface area contributed by atoms with Gasteiger partial charge in [0.1, 0.15) is 0 Å². The Balaban J connectivity index is -0.0000000800. The van der Waals surface area contributed by atoms with Gasteiger partial charge in [0.2, 0.25) is 0 Å². The molecule has 0 atom stereocenters. The van der Waals surface area contributed by atoms with E-state index >= 15 is 0 Å². The first-order chi connectivity index (χ1) is 2.00. The predicted octanol–water partition coefficient (Wildman–Crippen LogP) is 3.22. The van der Waals surface area contributed by atoms with E-state index in [0.29, 0.717) is 0 Å². The topological polar surface area (TPSA) is 0 Å². The van der Waals surface area contributed by atoms with Crippen molar-refractivity contribution in [3.8, 4) is 0 Å². The maximum Gasteiger partial charge on any atom is 0.440 e. The van der Waals surface area contributed by atoms with E-state index in [1.165, 1.54) is 0 Å². The lowest BCUT2D eigenvalue weighted by molar-refractivity contribution is 3.80. The minimum atomic E-state index is -2.72. The highest BCUT2D eigenvalue weighted by molar-refractivity contribution is 7.81. The molecular weight excluding hydrogens is 241 g/mol. The van der Waals surface area contributed by atoms with Gasteiger partial charge in [-0.3, -0.25) is 0 Å². The third-order valence-corrected chi connectivity index (χ3v) is 0. The summed E-state index contributed by atoms with van der Waals surface area (Å²) in [4.78, 5) is 0. The van der Waals surface area contributed by atoms with E-state index in [-0.39, 0.29) is 24.8 Å². The molecule has 0 aliphatic rings.